The number of hydrogen-bond acceptors (Lipinski definition) is 5. The zero-order valence-corrected chi connectivity index (χ0v) is 13.9. The molecule has 2 N–H and O–H groups in total. The van der Waals surface area contributed by atoms with Crippen molar-refractivity contribution in [2.45, 2.75) is 19.3 Å². The van der Waals surface area contributed by atoms with Crippen molar-refractivity contribution in [3.63, 3.8) is 0 Å². The summed E-state index contributed by atoms with van der Waals surface area (Å²) in [5.41, 5.74) is 2.71. The zero-order valence-electron chi connectivity index (χ0n) is 13.0. The molecule has 0 spiro atoms. The number of aliphatic carboxylic acids is 1. The van der Waals surface area contributed by atoms with Crippen molar-refractivity contribution >= 4 is 34.6 Å². The molecule has 0 fully saturated rings. The SMILES string of the molecule is CCOC(=O)c1c(CSCC(=O)O)n(C)c2ccc(CO)cc12. The smallest absolute Gasteiger partial charge is 0.340 e. The largest absolute Gasteiger partial charge is 0.481 e. The van der Waals surface area contributed by atoms with Gasteiger partial charge in [-0.05, 0) is 24.6 Å². The number of aliphatic hydroxyl groups excluding tert-OH is 1. The lowest BCUT2D eigenvalue weighted by atomic mass is 10.1. The average Bonchev–Trinajstić information content (AvgIpc) is 2.79. The Kier molecular flexibility index (Phi) is 5.68. The third-order valence-corrected chi connectivity index (χ3v) is 4.44. The molecule has 0 aliphatic carbocycles. The van der Waals surface area contributed by atoms with Gasteiger partial charge < -0.3 is 19.5 Å². The Morgan fingerprint density at radius 2 is 2.09 bits per heavy atom. The lowest BCUT2D eigenvalue weighted by molar-refractivity contribution is -0.133. The van der Waals surface area contributed by atoms with Gasteiger partial charge in [-0.2, -0.15) is 0 Å². The molecule has 124 valence electrons. The van der Waals surface area contributed by atoms with Crippen LogP contribution >= 0.6 is 11.8 Å². The Balaban J connectivity index is 2.53. The number of hydrogen-bond donors (Lipinski definition) is 2. The van der Waals surface area contributed by atoms with Gasteiger partial charge in [-0.1, -0.05) is 6.07 Å². The summed E-state index contributed by atoms with van der Waals surface area (Å²) in [6, 6.07) is 5.41. The first-order chi connectivity index (χ1) is 11.0. The summed E-state index contributed by atoms with van der Waals surface area (Å²) in [7, 11) is 1.83. The molecule has 1 heterocycles. The van der Waals surface area contributed by atoms with Crippen molar-refractivity contribution in [1.82, 2.24) is 4.57 Å². The number of fused-ring (bicyclic) bond motifs is 1. The van der Waals surface area contributed by atoms with E-state index in [0.717, 1.165) is 11.2 Å². The van der Waals surface area contributed by atoms with Crippen LogP contribution in [0.3, 0.4) is 0 Å². The van der Waals surface area contributed by atoms with E-state index in [1.807, 2.05) is 17.7 Å². The fraction of sp³-hybridized carbons (Fsp3) is 0.375. The van der Waals surface area contributed by atoms with E-state index < -0.39 is 11.9 Å². The highest BCUT2D eigenvalue weighted by atomic mass is 32.2. The van der Waals surface area contributed by atoms with Gasteiger partial charge in [0.25, 0.3) is 0 Å². The van der Waals surface area contributed by atoms with Crippen LogP contribution in [-0.4, -0.2) is 39.1 Å². The van der Waals surface area contributed by atoms with Gasteiger partial charge in [-0.3, -0.25) is 4.79 Å². The van der Waals surface area contributed by atoms with E-state index in [1.54, 1.807) is 19.1 Å². The molecule has 7 heteroatoms. The van der Waals surface area contributed by atoms with Gasteiger partial charge in [0.1, 0.15) is 0 Å². The van der Waals surface area contributed by atoms with Crippen LogP contribution in [0.2, 0.25) is 0 Å². The molecule has 0 atom stereocenters. The minimum atomic E-state index is -0.894. The number of aromatic nitrogens is 1. The fourth-order valence-electron chi connectivity index (χ4n) is 2.48. The first-order valence-electron chi connectivity index (χ1n) is 7.17. The van der Waals surface area contributed by atoms with Crippen molar-refractivity contribution in [2.24, 2.45) is 7.05 Å². The lowest BCUT2D eigenvalue weighted by Gasteiger charge is -2.07. The quantitative estimate of drug-likeness (QED) is 0.753. The third kappa shape index (κ3) is 3.68. The highest BCUT2D eigenvalue weighted by molar-refractivity contribution is 7.99. The van der Waals surface area contributed by atoms with Crippen LogP contribution in [0.1, 0.15) is 28.5 Å². The average molecular weight is 337 g/mol. The van der Waals surface area contributed by atoms with Crippen molar-refractivity contribution in [1.29, 1.82) is 0 Å². The summed E-state index contributed by atoms with van der Waals surface area (Å²) < 4.78 is 7.02. The van der Waals surface area contributed by atoms with E-state index in [1.165, 1.54) is 11.8 Å². The highest BCUT2D eigenvalue weighted by Gasteiger charge is 2.22. The number of carbonyl (C=O) groups excluding carboxylic acids is 1. The second-order valence-corrected chi connectivity index (χ2v) is 5.98. The van der Waals surface area contributed by atoms with Gasteiger partial charge in [0.05, 0.1) is 24.5 Å². The monoisotopic (exact) mass is 337 g/mol. The number of esters is 1. The Bertz CT molecular complexity index is 738. The number of carbonyl (C=O) groups is 2. The Labute approximate surface area is 138 Å². The fourth-order valence-corrected chi connectivity index (χ4v) is 3.29. The molecule has 0 aliphatic rings. The molecule has 0 radical (unpaired) electrons. The molecule has 2 rings (SSSR count). The van der Waals surface area contributed by atoms with E-state index in [4.69, 9.17) is 9.84 Å². The minimum Gasteiger partial charge on any atom is -0.481 e. The van der Waals surface area contributed by atoms with E-state index in [-0.39, 0.29) is 19.0 Å². The van der Waals surface area contributed by atoms with Crippen LogP contribution in [-0.2, 0) is 28.9 Å². The maximum absolute atomic E-state index is 12.4. The topological polar surface area (TPSA) is 88.8 Å². The molecule has 0 bridgehead atoms. The predicted molar refractivity (Wildman–Crippen MR) is 88.6 cm³/mol. The van der Waals surface area contributed by atoms with E-state index in [2.05, 4.69) is 0 Å². The highest BCUT2D eigenvalue weighted by Crippen LogP contribution is 2.30. The molecule has 0 unspecified atom stereocenters. The number of aliphatic hydroxyl groups is 1. The normalized spacial score (nSPS) is 10.9. The molecular formula is C16H19NO5S. The number of ether oxygens (including phenoxy) is 1. The lowest BCUT2D eigenvalue weighted by Crippen LogP contribution is -2.09. The van der Waals surface area contributed by atoms with Gasteiger partial charge in [0.15, 0.2) is 0 Å². The molecule has 1 aromatic carbocycles. The van der Waals surface area contributed by atoms with E-state index in [0.29, 0.717) is 22.3 Å². The van der Waals surface area contributed by atoms with E-state index >= 15 is 0 Å². The molecule has 1 aromatic heterocycles. The molecule has 2 aromatic rings. The van der Waals surface area contributed by atoms with Gasteiger partial charge >= 0.3 is 11.9 Å². The summed E-state index contributed by atoms with van der Waals surface area (Å²) in [6.07, 6.45) is 0. The molecule has 0 saturated carbocycles. The van der Waals surface area contributed by atoms with Crippen LogP contribution in [0.15, 0.2) is 18.2 Å². The molecule has 0 aliphatic heterocycles. The third-order valence-electron chi connectivity index (χ3n) is 3.51. The summed E-state index contributed by atoms with van der Waals surface area (Å²) in [5, 5.41) is 18.8. The number of thioether (sulfide) groups is 1. The van der Waals surface area contributed by atoms with Crippen LogP contribution in [0, 0.1) is 0 Å². The second kappa shape index (κ2) is 7.52. The minimum absolute atomic E-state index is 0.0360. The Hall–Kier alpha value is -1.99. The molecular weight excluding hydrogens is 318 g/mol. The van der Waals surface area contributed by atoms with Crippen LogP contribution in [0.5, 0.6) is 0 Å². The van der Waals surface area contributed by atoms with Gasteiger partial charge in [0.2, 0.25) is 0 Å². The molecule has 0 amide bonds. The number of carboxylic acid groups (broad SMARTS) is 1. The summed E-state index contributed by atoms with van der Waals surface area (Å²) in [6.45, 7) is 1.88. The van der Waals surface area contributed by atoms with Gasteiger partial charge in [-0.25, -0.2) is 4.79 Å². The second-order valence-electron chi connectivity index (χ2n) is 5.00. The maximum Gasteiger partial charge on any atom is 0.340 e. The standard InChI is InChI=1S/C16H19NO5S/c1-3-22-16(21)15-11-6-10(7-18)4-5-12(11)17(2)13(15)8-23-9-14(19)20/h4-6,18H,3,7-9H2,1-2H3,(H,19,20). The first kappa shape index (κ1) is 17.4. The van der Waals surface area contributed by atoms with Gasteiger partial charge in [0, 0.05) is 29.4 Å². The Morgan fingerprint density at radius 1 is 1.35 bits per heavy atom. The number of aryl methyl sites for hydroxylation is 1. The number of carboxylic acids is 1. The summed E-state index contributed by atoms with van der Waals surface area (Å²) >= 11 is 1.23. The number of benzene rings is 1. The van der Waals surface area contributed by atoms with Crippen molar-refractivity contribution in [3.8, 4) is 0 Å². The van der Waals surface area contributed by atoms with Crippen LogP contribution in [0.4, 0.5) is 0 Å². The molecule has 23 heavy (non-hydrogen) atoms. The van der Waals surface area contributed by atoms with E-state index in [9.17, 15) is 14.7 Å². The van der Waals surface area contributed by atoms with Crippen molar-refractivity contribution in [3.05, 3.63) is 35.0 Å². The zero-order chi connectivity index (χ0) is 17.0. The number of nitrogens with zero attached hydrogens (tertiary/aromatic N) is 1. The summed E-state index contributed by atoms with van der Waals surface area (Å²) in [5.74, 6) is -0.973. The predicted octanol–water partition coefficient (Wildman–Crippen LogP) is 2.17. The summed E-state index contributed by atoms with van der Waals surface area (Å²) in [4.78, 5) is 23.1. The first-order valence-corrected chi connectivity index (χ1v) is 8.32. The number of rotatable bonds is 7. The van der Waals surface area contributed by atoms with Crippen molar-refractivity contribution in [2.75, 3.05) is 12.4 Å². The van der Waals surface area contributed by atoms with Crippen molar-refractivity contribution < 1.29 is 24.5 Å². The maximum atomic E-state index is 12.4. The molecule has 6 nitrogen and oxygen atoms in total. The van der Waals surface area contributed by atoms with Crippen LogP contribution < -0.4 is 0 Å². The Morgan fingerprint density at radius 3 is 2.70 bits per heavy atom. The van der Waals surface area contributed by atoms with Gasteiger partial charge in [-0.15, -0.1) is 11.8 Å². The van der Waals surface area contributed by atoms with Crippen LogP contribution in [0.25, 0.3) is 10.9 Å². The molecule has 0 saturated heterocycles.